The lowest BCUT2D eigenvalue weighted by atomic mass is 9.72. The van der Waals surface area contributed by atoms with Gasteiger partial charge >= 0.3 is 0 Å². The van der Waals surface area contributed by atoms with Gasteiger partial charge < -0.3 is 19.4 Å². The van der Waals surface area contributed by atoms with Gasteiger partial charge in [-0.25, -0.2) is 0 Å². The maximum atomic E-state index is 5.89. The Bertz CT molecular complexity index is 1590. The molecule has 54 heavy (non-hydrogen) atoms. The van der Waals surface area contributed by atoms with Gasteiger partial charge in [0.05, 0.1) is 56.8 Å². The molecule has 2 aliphatic rings. The van der Waals surface area contributed by atoms with Gasteiger partial charge in [0.25, 0.3) is 0 Å². The van der Waals surface area contributed by atoms with E-state index in [1.54, 1.807) is 7.11 Å². The molecule has 0 saturated carbocycles. The number of aromatic nitrogens is 1. The largest absolute Gasteiger partial charge is 0.500 e. The first kappa shape index (κ1) is 43.7. The predicted octanol–water partition coefficient (Wildman–Crippen LogP) is 13.1. The highest BCUT2D eigenvalue weighted by Crippen LogP contribution is 2.39. The van der Waals surface area contributed by atoms with Crippen LogP contribution in [-0.4, -0.2) is 50.3 Å². The number of benzene rings is 1. The van der Waals surface area contributed by atoms with Crippen LogP contribution in [0.15, 0.2) is 54.6 Å². The monoisotopic (exact) mass is 740 g/mol. The highest BCUT2D eigenvalue weighted by atomic mass is 16.5. The SMILES string of the molecule is C=C(CCC/C=C1/Nc2ccc(CCCCC(C)C(C)C(C)C(CCC)CCC(C)CC)cc2N1C)c1cc(C)nc(C2=C(OC)CC[N+](C)(C)C2C)c1. The number of allylic oxidation sites excluding steroid dienone is 2. The van der Waals surface area contributed by atoms with Gasteiger partial charge in [0.1, 0.15) is 17.6 Å². The molecule has 6 atom stereocenters. The number of fused-ring (bicyclic) bond motifs is 1. The van der Waals surface area contributed by atoms with Crippen LogP contribution < -0.4 is 10.2 Å². The van der Waals surface area contributed by atoms with Crippen molar-refractivity contribution < 1.29 is 9.22 Å². The summed E-state index contributed by atoms with van der Waals surface area (Å²) < 4.78 is 6.83. The molecule has 0 amide bonds. The van der Waals surface area contributed by atoms with E-state index in [-0.39, 0.29) is 0 Å². The van der Waals surface area contributed by atoms with Crippen molar-refractivity contribution in [1.29, 1.82) is 0 Å². The zero-order valence-electron chi connectivity index (χ0n) is 36.8. The van der Waals surface area contributed by atoms with Crippen LogP contribution in [0.25, 0.3) is 11.1 Å². The summed E-state index contributed by atoms with van der Waals surface area (Å²) in [5, 5.41) is 3.68. The quantitative estimate of drug-likeness (QED) is 0.102. The Kier molecular flexibility index (Phi) is 16.3. The van der Waals surface area contributed by atoms with Gasteiger partial charge in [-0.05, 0) is 129 Å². The second kappa shape index (κ2) is 20.2. The predicted molar refractivity (Wildman–Crippen MR) is 236 cm³/mol. The summed E-state index contributed by atoms with van der Waals surface area (Å²) in [6.45, 7) is 24.7. The highest BCUT2D eigenvalue weighted by Gasteiger charge is 2.36. The van der Waals surface area contributed by atoms with E-state index in [4.69, 9.17) is 9.72 Å². The molecule has 1 aromatic heterocycles. The molecule has 0 radical (unpaired) electrons. The summed E-state index contributed by atoms with van der Waals surface area (Å²) in [6, 6.07) is 11.8. The molecule has 3 heterocycles. The minimum atomic E-state index is 0.316. The smallest absolute Gasteiger partial charge is 0.117 e. The van der Waals surface area contributed by atoms with Gasteiger partial charge in [0.2, 0.25) is 0 Å². The Balaban J connectivity index is 1.25. The Morgan fingerprint density at radius 1 is 1.02 bits per heavy atom. The lowest BCUT2D eigenvalue weighted by Crippen LogP contribution is -2.51. The molecule has 5 heteroatoms. The van der Waals surface area contributed by atoms with Crippen molar-refractivity contribution in [2.75, 3.05) is 45.0 Å². The molecule has 4 rings (SSSR count). The second-order valence-corrected chi connectivity index (χ2v) is 18.1. The molecular formula is C49H79N4O+. The van der Waals surface area contributed by atoms with Gasteiger partial charge in [0.15, 0.2) is 0 Å². The van der Waals surface area contributed by atoms with Gasteiger partial charge in [-0.15, -0.1) is 0 Å². The molecule has 0 bridgehead atoms. The molecule has 2 aromatic rings. The van der Waals surface area contributed by atoms with Crippen molar-refractivity contribution in [3.05, 3.63) is 77.1 Å². The molecule has 0 aliphatic carbocycles. The molecular weight excluding hydrogens is 661 g/mol. The van der Waals surface area contributed by atoms with Crippen LogP contribution in [0.2, 0.25) is 0 Å². The first-order chi connectivity index (χ1) is 25.7. The normalized spacial score (nSPS) is 20.3. The van der Waals surface area contributed by atoms with Gasteiger partial charge in [0, 0.05) is 12.7 Å². The first-order valence-electron chi connectivity index (χ1n) is 21.8. The van der Waals surface area contributed by atoms with Crippen LogP contribution in [-0.2, 0) is 11.2 Å². The molecule has 1 aromatic carbocycles. The number of rotatable bonds is 21. The van der Waals surface area contributed by atoms with Crippen LogP contribution in [0, 0.1) is 36.5 Å². The number of hydrogen-bond acceptors (Lipinski definition) is 4. The third-order valence-electron chi connectivity index (χ3n) is 13.9. The molecule has 0 spiro atoms. The number of pyridine rings is 1. The number of anilines is 2. The Morgan fingerprint density at radius 2 is 1.78 bits per heavy atom. The molecule has 0 saturated heterocycles. The van der Waals surface area contributed by atoms with E-state index >= 15 is 0 Å². The van der Waals surface area contributed by atoms with Crippen molar-refractivity contribution in [2.24, 2.45) is 29.6 Å². The zero-order valence-corrected chi connectivity index (χ0v) is 36.8. The molecule has 6 unspecified atom stereocenters. The third kappa shape index (κ3) is 11.3. The highest BCUT2D eigenvalue weighted by molar-refractivity contribution is 5.81. The summed E-state index contributed by atoms with van der Waals surface area (Å²) in [4.78, 5) is 7.32. The fraction of sp³-hybridized carbons (Fsp3) is 0.653. The summed E-state index contributed by atoms with van der Waals surface area (Å²) in [7, 11) is 8.60. The summed E-state index contributed by atoms with van der Waals surface area (Å²) >= 11 is 0. The maximum absolute atomic E-state index is 5.89. The van der Waals surface area contributed by atoms with E-state index in [1.165, 1.54) is 90.8 Å². The standard InChI is InChI=1S/C49H79N4O/c1-14-20-42(27-25-34(3)15-2)39(8)38(7)35(4)21-16-18-23-41-26-28-44-46(32-41)52(10)48(51-44)24-19-17-22-36(5)43-31-37(6)50-45(33-43)49-40(9)53(11,12)30-29-47(49)54-13/h24,26,28,31-35,38-40,42,51H,5,14-23,25,27,29-30H2,1-4,6-13H3/q+1/b48-24-. The van der Waals surface area contributed by atoms with E-state index in [0.717, 1.165) is 89.9 Å². The maximum Gasteiger partial charge on any atom is 0.117 e. The average molecular weight is 740 g/mol. The van der Waals surface area contributed by atoms with E-state index in [9.17, 15) is 0 Å². The zero-order chi connectivity index (χ0) is 39.6. The third-order valence-corrected chi connectivity index (χ3v) is 13.9. The number of quaternary nitrogens is 1. The number of unbranched alkanes of at least 4 members (excludes halogenated alkanes) is 2. The number of hydrogen-bond donors (Lipinski definition) is 1. The van der Waals surface area contributed by atoms with E-state index in [0.29, 0.717) is 6.04 Å². The van der Waals surface area contributed by atoms with Crippen LogP contribution in [0.4, 0.5) is 11.4 Å². The molecule has 0 fully saturated rings. The van der Waals surface area contributed by atoms with Crippen LogP contribution >= 0.6 is 0 Å². The number of nitrogens with one attached hydrogen (secondary N) is 1. The molecule has 1 N–H and O–H groups in total. The van der Waals surface area contributed by atoms with Crippen molar-refractivity contribution in [3.63, 3.8) is 0 Å². The van der Waals surface area contributed by atoms with Crippen molar-refractivity contribution in [3.8, 4) is 0 Å². The fourth-order valence-corrected chi connectivity index (χ4v) is 8.98. The summed E-state index contributed by atoms with van der Waals surface area (Å²) in [6.07, 6.45) is 18.2. The number of methoxy groups -OCH3 is 1. The van der Waals surface area contributed by atoms with Crippen molar-refractivity contribution >= 4 is 22.5 Å². The number of likely N-dealkylation sites (N-methyl/N-ethyl adjacent to an activating group) is 1. The van der Waals surface area contributed by atoms with Gasteiger partial charge in [-0.3, -0.25) is 4.98 Å². The van der Waals surface area contributed by atoms with Crippen molar-refractivity contribution in [2.45, 2.75) is 145 Å². The Morgan fingerprint density at radius 3 is 2.48 bits per heavy atom. The number of aryl methyl sites for hydroxylation is 2. The van der Waals surface area contributed by atoms with Crippen LogP contribution in [0.5, 0.6) is 0 Å². The lowest BCUT2D eigenvalue weighted by molar-refractivity contribution is -0.906. The van der Waals surface area contributed by atoms with Crippen LogP contribution in [0.3, 0.4) is 0 Å². The minimum absolute atomic E-state index is 0.316. The Hall–Kier alpha value is -3.05. The number of ether oxygens (including phenoxy) is 1. The molecule has 300 valence electrons. The topological polar surface area (TPSA) is 37.4 Å². The summed E-state index contributed by atoms with van der Waals surface area (Å²) in [5.74, 6) is 6.39. The fourth-order valence-electron chi connectivity index (χ4n) is 8.98. The minimum Gasteiger partial charge on any atom is -0.500 e. The van der Waals surface area contributed by atoms with Crippen LogP contribution in [0.1, 0.15) is 148 Å². The molecule has 5 nitrogen and oxygen atoms in total. The lowest BCUT2D eigenvalue weighted by Gasteiger charge is -2.41. The summed E-state index contributed by atoms with van der Waals surface area (Å²) in [5.41, 5.74) is 9.63. The van der Waals surface area contributed by atoms with E-state index in [1.807, 2.05) is 0 Å². The van der Waals surface area contributed by atoms with E-state index < -0.39 is 0 Å². The van der Waals surface area contributed by atoms with Crippen molar-refractivity contribution in [1.82, 2.24) is 4.98 Å². The second-order valence-electron chi connectivity index (χ2n) is 18.1. The first-order valence-corrected chi connectivity index (χ1v) is 21.8. The molecule has 2 aliphatic heterocycles. The Labute approximate surface area is 332 Å². The van der Waals surface area contributed by atoms with Gasteiger partial charge in [-0.2, -0.15) is 0 Å². The number of nitrogens with zero attached hydrogens (tertiary/aromatic N) is 3. The van der Waals surface area contributed by atoms with Gasteiger partial charge in [-0.1, -0.05) is 92.7 Å². The average Bonchev–Trinajstić information content (AvgIpc) is 3.47. The van der Waals surface area contributed by atoms with E-state index in [2.05, 4.69) is 130 Å².